The van der Waals surface area contributed by atoms with E-state index in [1.165, 1.54) is 11.8 Å². The molecular weight excluding hydrogens is 685 g/mol. The van der Waals surface area contributed by atoms with E-state index in [-0.39, 0.29) is 16.7 Å². The number of carbonyl (C=O) groups excluding carboxylic acids is 4. The molecule has 5 aromatic rings. The second kappa shape index (κ2) is 17.3. The number of thioether (sulfide) groups is 1. The highest BCUT2D eigenvalue weighted by Gasteiger charge is 2.53. The lowest BCUT2D eigenvalue weighted by Gasteiger charge is -2.44. The first-order valence-corrected chi connectivity index (χ1v) is 17.2. The fraction of sp³-hybridized carbons (Fsp3) is 0.171. The molecular formula is C41H34O10S. The van der Waals surface area contributed by atoms with Gasteiger partial charge in [0, 0.05) is 4.90 Å². The molecule has 11 heteroatoms. The van der Waals surface area contributed by atoms with Gasteiger partial charge in [-0.2, -0.15) is 0 Å². The van der Waals surface area contributed by atoms with Gasteiger partial charge in [-0.1, -0.05) is 84.6 Å². The minimum atomic E-state index is -1.43. The van der Waals surface area contributed by atoms with Crippen LogP contribution in [0.4, 0.5) is 0 Å². The number of benzene rings is 5. The lowest BCUT2D eigenvalue weighted by atomic mass is 9.98. The third-order valence-electron chi connectivity index (χ3n) is 8.05. The van der Waals surface area contributed by atoms with Crippen molar-refractivity contribution in [2.24, 2.45) is 0 Å². The van der Waals surface area contributed by atoms with Crippen molar-refractivity contribution in [3.63, 3.8) is 0 Å². The van der Waals surface area contributed by atoms with Gasteiger partial charge in [-0.3, -0.25) is 0 Å². The van der Waals surface area contributed by atoms with Gasteiger partial charge in [0.1, 0.15) is 23.9 Å². The van der Waals surface area contributed by atoms with E-state index in [2.05, 4.69) is 0 Å². The Hall–Kier alpha value is -5.91. The smallest absolute Gasteiger partial charge is 0.338 e. The Kier molecular flexibility index (Phi) is 12.0. The molecule has 6 rings (SSSR count). The van der Waals surface area contributed by atoms with Crippen molar-refractivity contribution >= 4 is 35.6 Å². The molecule has 1 aliphatic rings. The Bertz CT molecular complexity index is 1940. The molecule has 5 atom stereocenters. The van der Waals surface area contributed by atoms with Crippen LogP contribution < -0.4 is 4.74 Å². The van der Waals surface area contributed by atoms with Crippen LogP contribution in [0.1, 0.15) is 41.4 Å². The maximum absolute atomic E-state index is 13.8. The fourth-order valence-electron chi connectivity index (χ4n) is 5.41. The molecule has 0 amide bonds. The zero-order valence-electron chi connectivity index (χ0n) is 27.9. The molecule has 3 unspecified atom stereocenters. The van der Waals surface area contributed by atoms with Crippen molar-refractivity contribution in [1.29, 1.82) is 0 Å². The molecule has 0 radical (unpaired) electrons. The van der Waals surface area contributed by atoms with Crippen LogP contribution in [0, 0.1) is 0 Å². The maximum Gasteiger partial charge on any atom is 0.338 e. The van der Waals surface area contributed by atoms with E-state index in [0.29, 0.717) is 16.2 Å². The van der Waals surface area contributed by atoms with Crippen molar-refractivity contribution < 1.29 is 47.6 Å². The zero-order valence-corrected chi connectivity index (χ0v) is 28.8. The predicted octanol–water partition coefficient (Wildman–Crippen LogP) is 7.05. The predicted molar refractivity (Wildman–Crippen MR) is 191 cm³/mol. The SMILES string of the molecule is COc1ccc(S[C@H]2OC(COC(=O)c3ccccc3)[C@@H](OC(=O)c3ccccc3)C(OC(=O)c3ccccc3)C2OC(=O)c2ccccc2)cc1. The minimum Gasteiger partial charge on any atom is -0.497 e. The van der Waals surface area contributed by atoms with Gasteiger partial charge >= 0.3 is 23.9 Å². The third-order valence-corrected chi connectivity index (χ3v) is 9.20. The molecule has 1 saturated heterocycles. The number of carbonyl (C=O) groups is 4. The summed E-state index contributed by atoms with van der Waals surface area (Å²) in [7, 11) is 1.55. The van der Waals surface area contributed by atoms with Gasteiger partial charge < -0.3 is 28.4 Å². The van der Waals surface area contributed by atoms with Crippen LogP contribution in [0.25, 0.3) is 0 Å². The molecule has 0 N–H and O–H groups in total. The summed E-state index contributed by atoms with van der Waals surface area (Å²) in [6.07, 6.45) is -5.36. The van der Waals surface area contributed by atoms with E-state index in [0.717, 1.165) is 0 Å². The van der Waals surface area contributed by atoms with Crippen LogP contribution >= 0.6 is 11.8 Å². The summed E-state index contributed by atoms with van der Waals surface area (Å²) in [4.78, 5) is 54.9. The molecule has 0 saturated carbocycles. The standard InChI is InChI=1S/C41H34O10S/c1-46-31-22-24-32(25-23-31)52-41-36(51-40(45)30-20-12-5-13-21-30)35(50-39(44)29-18-10-4-11-19-29)34(49-38(43)28-16-8-3-9-17-28)33(48-41)26-47-37(42)27-14-6-2-7-15-27/h2-25,33-36,41H,26H2,1H3/t33?,34-,35?,36?,41-/m1/s1. The molecule has 0 spiro atoms. The van der Waals surface area contributed by atoms with E-state index in [4.69, 9.17) is 28.4 Å². The molecule has 0 aromatic heterocycles. The average Bonchev–Trinajstić information content (AvgIpc) is 3.20. The maximum atomic E-state index is 13.8. The summed E-state index contributed by atoms with van der Waals surface area (Å²) in [5.41, 5.74) is -0.103. The van der Waals surface area contributed by atoms with Gasteiger partial charge in [-0.05, 0) is 72.8 Å². The lowest BCUT2D eigenvalue weighted by molar-refractivity contribution is -0.207. The number of methoxy groups -OCH3 is 1. The summed E-state index contributed by atoms with van der Waals surface area (Å²) in [6, 6.07) is 40.2. The van der Waals surface area contributed by atoms with E-state index < -0.39 is 60.3 Å². The molecule has 1 aliphatic heterocycles. The summed E-state index contributed by atoms with van der Waals surface area (Å²) in [5, 5.41) is 0. The highest BCUT2D eigenvalue weighted by atomic mass is 32.2. The molecule has 0 bridgehead atoms. The number of hydrogen-bond donors (Lipinski definition) is 0. The highest BCUT2D eigenvalue weighted by molar-refractivity contribution is 7.99. The quantitative estimate of drug-likeness (QED) is 0.0974. The molecule has 1 fully saturated rings. The molecule has 0 aliphatic carbocycles. The van der Waals surface area contributed by atoms with Crippen molar-refractivity contribution in [3.8, 4) is 5.75 Å². The number of hydrogen-bond acceptors (Lipinski definition) is 11. The van der Waals surface area contributed by atoms with Crippen molar-refractivity contribution in [2.75, 3.05) is 13.7 Å². The van der Waals surface area contributed by atoms with Crippen LogP contribution in [0.3, 0.4) is 0 Å². The Balaban J connectivity index is 1.41. The van der Waals surface area contributed by atoms with Gasteiger partial charge in [0.15, 0.2) is 18.3 Å². The Morgan fingerprint density at radius 2 is 0.923 bits per heavy atom. The van der Waals surface area contributed by atoms with Gasteiger partial charge in [0.05, 0.1) is 29.4 Å². The Morgan fingerprint density at radius 1 is 0.519 bits per heavy atom. The fourth-order valence-corrected chi connectivity index (χ4v) is 6.51. The first-order valence-electron chi connectivity index (χ1n) is 16.4. The summed E-state index contributed by atoms with van der Waals surface area (Å²) in [6.45, 7) is -0.404. The van der Waals surface area contributed by atoms with E-state index in [9.17, 15) is 19.2 Å². The summed E-state index contributed by atoms with van der Waals surface area (Å²) < 4.78 is 35.9. The van der Waals surface area contributed by atoms with Crippen LogP contribution in [0.2, 0.25) is 0 Å². The molecule has 5 aromatic carbocycles. The van der Waals surface area contributed by atoms with Crippen molar-refractivity contribution in [1.82, 2.24) is 0 Å². The number of rotatable bonds is 12. The summed E-state index contributed by atoms with van der Waals surface area (Å²) in [5.74, 6) is -2.27. The highest BCUT2D eigenvalue weighted by Crippen LogP contribution is 2.39. The van der Waals surface area contributed by atoms with Crippen molar-refractivity contribution in [3.05, 3.63) is 168 Å². The van der Waals surface area contributed by atoms with Gasteiger partial charge in [0.25, 0.3) is 0 Å². The first kappa shape index (κ1) is 35.9. The van der Waals surface area contributed by atoms with Crippen LogP contribution in [0.15, 0.2) is 150 Å². The minimum absolute atomic E-state index is 0.210. The topological polar surface area (TPSA) is 124 Å². The monoisotopic (exact) mass is 718 g/mol. The average molecular weight is 719 g/mol. The van der Waals surface area contributed by atoms with E-state index in [1.807, 2.05) is 0 Å². The molecule has 52 heavy (non-hydrogen) atoms. The number of ether oxygens (including phenoxy) is 6. The van der Waals surface area contributed by atoms with Crippen molar-refractivity contribution in [2.45, 2.75) is 34.7 Å². The summed E-state index contributed by atoms with van der Waals surface area (Å²) >= 11 is 1.18. The second-order valence-electron chi connectivity index (χ2n) is 11.5. The Labute approximate surface area is 304 Å². The van der Waals surface area contributed by atoms with E-state index >= 15 is 0 Å². The Morgan fingerprint density at radius 3 is 1.37 bits per heavy atom. The van der Waals surface area contributed by atoms with Gasteiger partial charge in [-0.25, -0.2) is 19.2 Å². The van der Waals surface area contributed by atoms with Gasteiger partial charge in [-0.15, -0.1) is 0 Å². The molecule has 1 heterocycles. The van der Waals surface area contributed by atoms with Crippen LogP contribution in [0.5, 0.6) is 5.75 Å². The number of esters is 4. The lowest BCUT2D eigenvalue weighted by Crippen LogP contribution is -2.61. The van der Waals surface area contributed by atoms with Crippen LogP contribution in [-0.4, -0.2) is 67.4 Å². The molecule has 10 nitrogen and oxygen atoms in total. The zero-order chi connectivity index (χ0) is 36.3. The largest absolute Gasteiger partial charge is 0.497 e. The van der Waals surface area contributed by atoms with Gasteiger partial charge in [0.2, 0.25) is 0 Å². The first-order chi connectivity index (χ1) is 25.4. The van der Waals surface area contributed by atoms with Crippen LogP contribution in [-0.2, 0) is 23.7 Å². The normalized spacial score (nSPS) is 19.4. The third kappa shape index (κ3) is 9.05. The van der Waals surface area contributed by atoms with E-state index in [1.54, 1.807) is 153 Å². The molecule has 264 valence electrons. The second-order valence-corrected chi connectivity index (χ2v) is 12.7.